The zero-order chi connectivity index (χ0) is 7.68. The molecule has 0 N–H and O–H groups in total. The summed E-state index contributed by atoms with van der Waals surface area (Å²) in [6.07, 6.45) is 3.75. The van der Waals surface area contributed by atoms with Gasteiger partial charge in [-0.15, -0.1) is 0 Å². The van der Waals surface area contributed by atoms with Gasteiger partial charge >= 0.3 is 0 Å². The van der Waals surface area contributed by atoms with Crippen LogP contribution in [0.1, 0.15) is 37.1 Å². The highest BCUT2D eigenvalue weighted by molar-refractivity contribution is 5.18. The van der Waals surface area contributed by atoms with Gasteiger partial charge in [-0.25, -0.2) is 0 Å². The molecule has 1 heteroatoms. The highest BCUT2D eigenvalue weighted by Gasteiger charge is 2.24. The van der Waals surface area contributed by atoms with Gasteiger partial charge in [0, 0.05) is 17.3 Å². The van der Waals surface area contributed by atoms with Crippen LogP contribution in [0.4, 0.5) is 0 Å². The first-order chi connectivity index (χ1) is 5.40. The maximum absolute atomic E-state index is 4.55. The van der Waals surface area contributed by atoms with Gasteiger partial charge in [0.1, 0.15) is 0 Å². The minimum Gasteiger partial charge on any atom is -0.258 e. The molecule has 1 aliphatic carbocycles. The zero-order valence-electron chi connectivity index (χ0n) is 6.88. The predicted molar refractivity (Wildman–Crippen MR) is 45.6 cm³/mol. The van der Waals surface area contributed by atoms with Crippen molar-refractivity contribution in [2.24, 2.45) is 0 Å². The van der Waals surface area contributed by atoms with Crippen molar-refractivity contribution in [1.29, 1.82) is 0 Å². The summed E-state index contributed by atoms with van der Waals surface area (Å²) in [5.41, 5.74) is 2.54. The molecule has 1 heterocycles. The van der Waals surface area contributed by atoms with E-state index in [1.165, 1.54) is 24.2 Å². The standard InChI is InChI=1S/C10H13N/c1-2-9-4-3-5-10(11-9)8-6-7-8/h3-5,8H,2,6-7H2,1H3. The first kappa shape index (κ1) is 6.84. The molecule has 1 aromatic heterocycles. The highest BCUT2D eigenvalue weighted by Crippen LogP contribution is 2.38. The Morgan fingerprint density at radius 2 is 2.27 bits per heavy atom. The summed E-state index contributed by atoms with van der Waals surface area (Å²) < 4.78 is 0. The average molecular weight is 147 g/mol. The van der Waals surface area contributed by atoms with Gasteiger partial charge in [0.15, 0.2) is 0 Å². The molecule has 0 spiro atoms. The molecule has 1 aromatic rings. The van der Waals surface area contributed by atoms with Crippen molar-refractivity contribution in [2.75, 3.05) is 0 Å². The van der Waals surface area contributed by atoms with Crippen LogP contribution in [0.25, 0.3) is 0 Å². The normalized spacial score (nSPS) is 16.8. The van der Waals surface area contributed by atoms with Crippen molar-refractivity contribution in [2.45, 2.75) is 32.1 Å². The summed E-state index contributed by atoms with van der Waals surface area (Å²) in [4.78, 5) is 4.55. The molecule has 1 aliphatic rings. The molecule has 0 radical (unpaired) electrons. The number of aromatic nitrogens is 1. The van der Waals surface area contributed by atoms with Crippen LogP contribution in [0, 0.1) is 0 Å². The Balaban J connectivity index is 2.26. The van der Waals surface area contributed by atoms with Crippen LogP contribution >= 0.6 is 0 Å². The van der Waals surface area contributed by atoms with Gasteiger partial charge < -0.3 is 0 Å². The van der Waals surface area contributed by atoms with E-state index in [0.717, 1.165) is 12.3 Å². The van der Waals surface area contributed by atoms with E-state index in [1.54, 1.807) is 0 Å². The van der Waals surface area contributed by atoms with Crippen molar-refractivity contribution in [3.8, 4) is 0 Å². The Morgan fingerprint density at radius 3 is 2.91 bits per heavy atom. The molecule has 0 unspecified atom stereocenters. The average Bonchev–Trinajstić information content (AvgIpc) is 2.87. The minimum absolute atomic E-state index is 0.793. The lowest BCUT2D eigenvalue weighted by atomic mass is 10.2. The molecule has 1 fully saturated rings. The molecule has 11 heavy (non-hydrogen) atoms. The van der Waals surface area contributed by atoms with Crippen LogP contribution in [0.15, 0.2) is 18.2 Å². The van der Waals surface area contributed by atoms with Gasteiger partial charge in [0.2, 0.25) is 0 Å². The summed E-state index contributed by atoms with van der Waals surface area (Å²) in [7, 11) is 0. The maximum atomic E-state index is 4.55. The van der Waals surface area contributed by atoms with Crippen LogP contribution in [0.3, 0.4) is 0 Å². The largest absolute Gasteiger partial charge is 0.258 e. The SMILES string of the molecule is CCc1cccc(C2CC2)n1. The third-order valence-electron chi connectivity index (χ3n) is 2.19. The van der Waals surface area contributed by atoms with Gasteiger partial charge in [-0.05, 0) is 31.4 Å². The number of aryl methyl sites for hydroxylation is 1. The van der Waals surface area contributed by atoms with Crippen molar-refractivity contribution < 1.29 is 0 Å². The molecule has 2 rings (SSSR count). The second-order valence-electron chi connectivity index (χ2n) is 3.18. The lowest BCUT2D eigenvalue weighted by Gasteiger charge is -1.99. The predicted octanol–water partition coefficient (Wildman–Crippen LogP) is 2.52. The van der Waals surface area contributed by atoms with E-state index in [2.05, 4.69) is 30.1 Å². The Kier molecular flexibility index (Phi) is 1.65. The number of hydrogen-bond acceptors (Lipinski definition) is 1. The van der Waals surface area contributed by atoms with E-state index in [0.29, 0.717) is 0 Å². The van der Waals surface area contributed by atoms with Gasteiger partial charge in [0.05, 0.1) is 0 Å². The number of nitrogens with zero attached hydrogens (tertiary/aromatic N) is 1. The molecule has 0 aliphatic heterocycles. The van der Waals surface area contributed by atoms with E-state index >= 15 is 0 Å². The maximum Gasteiger partial charge on any atom is 0.0437 e. The zero-order valence-corrected chi connectivity index (χ0v) is 6.88. The fourth-order valence-corrected chi connectivity index (χ4v) is 1.30. The third kappa shape index (κ3) is 1.42. The first-order valence-electron chi connectivity index (χ1n) is 4.36. The Labute approximate surface area is 67.5 Å². The van der Waals surface area contributed by atoms with Crippen molar-refractivity contribution in [1.82, 2.24) is 4.98 Å². The van der Waals surface area contributed by atoms with Crippen molar-refractivity contribution in [3.05, 3.63) is 29.6 Å². The van der Waals surface area contributed by atoms with Crippen molar-refractivity contribution >= 4 is 0 Å². The molecule has 0 saturated heterocycles. The van der Waals surface area contributed by atoms with Gasteiger partial charge in [-0.2, -0.15) is 0 Å². The smallest absolute Gasteiger partial charge is 0.0437 e. The van der Waals surface area contributed by atoms with E-state index in [1.807, 2.05) is 0 Å². The highest BCUT2D eigenvalue weighted by atomic mass is 14.7. The van der Waals surface area contributed by atoms with Gasteiger partial charge in [0.25, 0.3) is 0 Å². The molecule has 0 amide bonds. The van der Waals surface area contributed by atoms with Crippen LogP contribution in [-0.4, -0.2) is 4.98 Å². The molecule has 0 bridgehead atoms. The second kappa shape index (κ2) is 2.65. The molecule has 0 atom stereocenters. The van der Waals surface area contributed by atoms with E-state index in [-0.39, 0.29) is 0 Å². The molecular weight excluding hydrogens is 134 g/mol. The van der Waals surface area contributed by atoms with Gasteiger partial charge in [-0.1, -0.05) is 13.0 Å². The summed E-state index contributed by atoms with van der Waals surface area (Å²) in [5, 5.41) is 0. The molecule has 58 valence electrons. The minimum atomic E-state index is 0.793. The van der Waals surface area contributed by atoms with E-state index in [4.69, 9.17) is 0 Å². The van der Waals surface area contributed by atoms with Crippen LogP contribution in [-0.2, 0) is 6.42 Å². The fourth-order valence-electron chi connectivity index (χ4n) is 1.30. The third-order valence-corrected chi connectivity index (χ3v) is 2.19. The fraction of sp³-hybridized carbons (Fsp3) is 0.500. The summed E-state index contributed by atoms with van der Waals surface area (Å²) in [5.74, 6) is 0.793. The Bertz CT molecular complexity index is 251. The lowest BCUT2D eigenvalue weighted by molar-refractivity contribution is 0.947. The van der Waals surface area contributed by atoms with Crippen molar-refractivity contribution in [3.63, 3.8) is 0 Å². The number of pyridine rings is 1. The van der Waals surface area contributed by atoms with Crippen LogP contribution in [0.5, 0.6) is 0 Å². The van der Waals surface area contributed by atoms with Crippen LogP contribution < -0.4 is 0 Å². The Morgan fingerprint density at radius 1 is 1.45 bits per heavy atom. The Hall–Kier alpha value is -0.850. The van der Waals surface area contributed by atoms with E-state index < -0.39 is 0 Å². The summed E-state index contributed by atoms with van der Waals surface area (Å²) >= 11 is 0. The summed E-state index contributed by atoms with van der Waals surface area (Å²) in [6.45, 7) is 2.15. The molecule has 0 aromatic carbocycles. The molecule has 1 nitrogen and oxygen atoms in total. The van der Waals surface area contributed by atoms with Gasteiger partial charge in [-0.3, -0.25) is 4.98 Å². The number of hydrogen-bond donors (Lipinski definition) is 0. The monoisotopic (exact) mass is 147 g/mol. The number of rotatable bonds is 2. The second-order valence-corrected chi connectivity index (χ2v) is 3.18. The van der Waals surface area contributed by atoms with E-state index in [9.17, 15) is 0 Å². The molecule has 1 saturated carbocycles. The first-order valence-corrected chi connectivity index (χ1v) is 4.36. The topological polar surface area (TPSA) is 12.9 Å². The quantitative estimate of drug-likeness (QED) is 0.626. The lowest BCUT2D eigenvalue weighted by Crippen LogP contribution is -1.91. The van der Waals surface area contributed by atoms with Crippen LogP contribution in [0.2, 0.25) is 0 Å². The summed E-state index contributed by atoms with van der Waals surface area (Å²) in [6, 6.07) is 6.38. The molecular formula is C10H13N.